The number of nitrogen functional groups attached to an aromatic ring is 1. The molecule has 21 heavy (non-hydrogen) atoms. The molecule has 2 heterocycles. The number of nitrogens with one attached hydrogen (secondary N) is 1. The molecule has 0 aliphatic rings. The third kappa shape index (κ3) is 3.20. The number of aromatic nitrogens is 1. The number of aryl methyl sites for hydroxylation is 1. The number of rotatable bonds is 6. The summed E-state index contributed by atoms with van der Waals surface area (Å²) in [5.41, 5.74) is 6.99. The lowest BCUT2D eigenvalue weighted by Crippen LogP contribution is -2.23. The highest BCUT2D eigenvalue weighted by Gasteiger charge is 2.27. The highest BCUT2D eigenvalue weighted by molar-refractivity contribution is 7.89. The van der Waals surface area contributed by atoms with Crippen LogP contribution in [0.5, 0.6) is 0 Å². The quantitative estimate of drug-likeness (QED) is 0.837. The van der Waals surface area contributed by atoms with Gasteiger partial charge in [0.15, 0.2) is 10.7 Å². The van der Waals surface area contributed by atoms with Crippen LogP contribution >= 0.6 is 22.9 Å². The molecule has 9 heteroatoms. The first-order chi connectivity index (χ1) is 9.87. The Morgan fingerprint density at radius 3 is 2.76 bits per heavy atom. The van der Waals surface area contributed by atoms with E-state index in [1.807, 2.05) is 5.38 Å². The number of nitrogens with two attached hydrogens (primary N) is 1. The van der Waals surface area contributed by atoms with Crippen LogP contribution in [-0.2, 0) is 23.0 Å². The van der Waals surface area contributed by atoms with Crippen LogP contribution in [0.2, 0.25) is 0 Å². The molecular formula is C12H18N4O2S3. The first-order valence-electron chi connectivity index (χ1n) is 6.34. The maximum Gasteiger partial charge on any atom is 0.249 e. The zero-order valence-electron chi connectivity index (χ0n) is 12.1. The maximum absolute atomic E-state index is 12.3. The average molecular weight is 347 g/mol. The highest BCUT2D eigenvalue weighted by atomic mass is 32.2. The van der Waals surface area contributed by atoms with Gasteiger partial charge in [0.1, 0.15) is 5.00 Å². The fraction of sp³-hybridized carbons (Fsp3) is 0.417. The summed E-state index contributed by atoms with van der Waals surface area (Å²) in [5, 5.41) is 5.67. The molecule has 0 spiro atoms. The van der Waals surface area contributed by atoms with E-state index in [1.54, 1.807) is 11.3 Å². The molecule has 0 saturated heterocycles. The largest absolute Gasteiger partial charge is 0.382 e. The summed E-state index contributed by atoms with van der Waals surface area (Å²) in [6.07, 6.45) is 0.953. The van der Waals surface area contributed by atoms with Crippen molar-refractivity contribution in [3.8, 4) is 0 Å². The van der Waals surface area contributed by atoms with Crippen molar-refractivity contribution in [3.05, 3.63) is 21.9 Å². The first-order valence-corrected chi connectivity index (χ1v) is 9.44. The van der Waals surface area contributed by atoms with E-state index in [0.717, 1.165) is 22.3 Å². The lowest BCUT2D eigenvalue weighted by Gasteiger charge is -2.13. The van der Waals surface area contributed by atoms with Crippen molar-refractivity contribution in [2.75, 3.05) is 25.1 Å². The fourth-order valence-electron chi connectivity index (χ4n) is 1.84. The van der Waals surface area contributed by atoms with Crippen molar-refractivity contribution in [1.29, 1.82) is 0 Å². The number of anilines is 2. The predicted molar refractivity (Wildman–Crippen MR) is 88.4 cm³/mol. The van der Waals surface area contributed by atoms with Crippen LogP contribution in [0.4, 0.5) is 10.8 Å². The number of sulfonamides is 1. The summed E-state index contributed by atoms with van der Waals surface area (Å²) < 4.78 is 29.7. The van der Waals surface area contributed by atoms with E-state index in [0.29, 0.717) is 11.5 Å². The minimum absolute atomic E-state index is 0.0399. The predicted octanol–water partition coefficient (Wildman–Crippen LogP) is 2.21. The molecule has 0 atom stereocenters. The van der Waals surface area contributed by atoms with Gasteiger partial charge in [0, 0.05) is 19.0 Å². The van der Waals surface area contributed by atoms with Crippen molar-refractivity contribution >= 4 is 43.7 Å². The number of hydrogen-bond acceptors (Lipinski definition) is 7. The van der Waals surface area contributed by atoms with Crippen LogP contribution in [0, 0.1) is 0 Å². The molecule has 0 aliphatic heterocycles. The van der Waals surface area contributed by atoms with E-state index in [4.69, 9.17) is 5.73 Å². The summed E-state index contributed by atoms with van der Waals surface area (Å²) in [6, 6.07) is 2.08. The number of thiophene rings is 1. The SMILES string of the molecule is CCc1ccsc1CNc1snc(N)c1S(=O)(=O)N(C)C. The van der Waals surface area contributed by atoms with E-state index in [9.17, 15) is 8.42 Å². The minimum Gasteiger partial charge on any atom is -0.382 e. The van der Waals surface area contributed by atoms with Gasteiger partial charge >= 0.3 is 0 Å². The fourth-order valence-corrected chi connectivity index (χ4v) is 4.82. The molecular weight excluding hydrogens is 328 g/mol. The average Bonchev–Trinajstić information content (AvgIpc) is 3.02. The van der Waals surface area contributed by atoms with E-state index >= 15 is 0 Å². The molecule has 0 aliphatic carbocycles. The first kappa shape index (κ1) is 16.2. The van der Waals surface area contributed by atoms with Crippen molar-refractivity contribution in [2.24, 2.45) is 0 Å². The van der Waals surface area contributed by atoms with E-state index in [-0.39, 0.29) is 10.7 Å². The van der Waals surface area contributed by atoms with Gasteiger partial charge in [-0.15, -0.1) is 11.3 Å². The van der Waals surface area contributed by atoms with Gasteiger partial charge in [-0.2, -0.15) is 4.37 Å². The molecule has 2 aromatic rings. The molecule has 0 bridgehead atoms. The third-order valence-corrected chi connectivity index (χ3v) is 6.84. The van der Waals surface area contributed by atoms with E-state index in [2.05, 4.69) is 22.7 Å². The molecule has 0 fully saturated rings. The smallest absolute Gasteiger partial charge is 0.249 e. The van der Waals surface area contributed by atoms with Gasteiger partial charge in [-0.25, -0.2) is 12.7 Å². The second kappa shape index (κ2) is 6.30. The van der Waals surface area contributed by atoms with Gasteiger partial charge in [0.05, 0.1) is 6.54 Å². The van der Waals surface area contributed by atoms with Crippen LogP contribution < -0.4 is 11.1 Å². The Morgan fingerprint density at radius 1 is 1.43 bits per heavy atom. The Kier molecular flexibility index (Phi) is 4.87. The van der Waals surface area contributed by atoms with Crippen LogP contribution in [0.1, 0.15) is 17.4 Å². The van der Waals surface area contributed by atoms with Crippen LogP contribution in [0.3, 0.4) is 0 Å². The van der Waals surface area contributed by atoms with Crippen molar-refractivity contribution in [2.45, 2.75) is 24.8 Å². The van der Waals surface area contributed by atoms with Crippen LogP contribution in [0.25, 0.3) is 0 Å². The molecule has 2 aromatic heterocycles. The Bertz CT molecular complexity index is 719. The molecule has 0 saturated carbocycles. The number of hydrogen-bond donors (Lipinski definition) is 2. The molecule has 0 amide bonds. The van der Waals surface area contributed by atoms with Crippen molar-refractivity contribution in [1.82, 2.24) is 8.68 Å². The normalized spacial score (nSPS) is 12.0. The molecule has 6 nitrogen and oxygen atoms in total. The monoisotopic (exact) mass is 346 g/mol. The van der Waals surface area contributed by atoms with Crippen molar-refractivity contribution in [3.63, 3.8) is 0 Å². The van der Waals surface area contributed by atoms with Gasteiger partial charge in [-0.05, 0) is 35.0 Å². The van der Waals surface area contributed by atoms with Gasteiger partial charge in [0.25, 0.3) is 0 Å². The summed E-state index contributed by atoms with van der Waals surface area (Å²) in [6.45, 7) is 2.66. The lowest BCUT2D eigenvalue weighted by molar-refractivity contribution is 0.521. The molecule has 0 aromatic carbocycles. The highest BCUT2D eigenvalue weighted by Crippen LogP contribution is 2.33. The Balaban J connectivity index is 2.27. The summed E-state index contributed by atoms with van der Waals surface area (Å²) in [7, 11) is -0.651. The van der Waals surface area contributed by atoms with Gasteiger partial charge in [-0.1, -0.05) is 6.92 Å². The van der Waals surface area contributed by atoms with Crippen LogP contribution in [0.15, 0.2) is 16.3 Å². The summed E-state index contributed by atoms with van der Waals surface area (Å²) in [5.74, 6) is 0.0399. The Labute approximate surface area is 132 Å². The second-order valence-corrected chi connectivity index (χ2v) is 8.45. The Morgan fingerprint density at radius 2 is 2.14 bits per heavy atom. The van der Waals surface area contributed by atoms with Crippen molar-refractivity contribution < 1.29 is 8.42 Å². The van der Waals surface area contributed by atoms with E-state index in [1.165, 1.54) is 24.5 Å². The lowest BCUT2D eigenvalue weighted by atomic mass is 10.2. The second-order valence-electron chi connectivity index (χ2n) is 4.59. The standard InChI is InChI=1S/C12H18N4O2S3/c1-4-8-5-6-19-9(8)7-14-12-10(11(13)15-20-12)21(17,18)16(2)3/h5-6,14H,4,7H2,1-3H3,(H2,13,15). The third-order valence-electron chi connectivity index (χ3n) is 3.04. The molecule has 0 unspecified atom stereocenters. The summed E-state index contributed by atoms with van der Waals surface area (Å²) >= 11 is 2.72. The van der Waals surface area contributed by atoms with E-state index < -0.39 is 10.0 Å². The summed E-state index contributed by atoms with van der Waals surface area (Å²) in [4.78, 5) is 1.25. The zero-order valence-corrected chi connectivity index (χ0v) is 14.5. The van der Waals surface area contributed by atoms with Gasteiger partial charge < -0.3 is 11.1 Å². The maximum atomic E-state index is 12.3. The van der Waals surface area contributed by atoms with Gasteiger partial charge in [0.2, 0.25) is 10.0 Å². The molecule has 0 radical (unpaired) electrons. The van der Waals surface area contributed by atoms with Gasteiger partial charge in [-0.3, -0.25) is 0 Å². The molecule has 2 rings (SSSR count). The van der Waals surface area contributed by atoms with Crippen LogP contribution in [-0.4, -0.2) is 31.2 Å². The topological polar surface area (TPSA) is 88.3 Å². The molecule has 116 valence electrons. The zero-order chi connectivity index (χ0) is 15.6. The minimum atomic E-state index is -3.60. The Hall–Kier alpha value is -1.16. The molecule has 3 N–H and O–H groups in total. The number of nitrogens with zero attached hydrogens (tertiary/aromatic N) is 2.